The molecule has 1 saturated carbocycles. The Bertz CT molecular complexity index is 599. The summed E-state index contributed by atoms with van der Waals surface area (Å²) in [6.07, 6.45) is 5.67. The van der Waals surface area contributed by atoms with Crippen LogP contribution in [0.1, 0.15) is 32.1 Å². The lowest BCUT2D eigenvalue weighted by Crippen LogP contribution is -2.39. The molecule has 1 aliphatic heterocycles. The summed E-state index contributed by atoms with van der Waals surface area (Å²) in [7, 11) is 0. The van der Waals surface area contributed by atoms with E-state index in [1.54, 1.807) is 0 Å². The number of nitrogens with zero attached hydrogens (tertiary/aromatic N) is 3. The zero-order chi connectivity index (χ0) is 15.4. The minimum Gasteiger partial charge on any atom is -0.333 e. The van der Waals surface area contributed by atoms with Crippen LogP contribution in [0.3, 0.4) is 0 Å². The highest BCUT2D eigenvalue weighted by atomic mass is 16.2. The van der Waals surface area contributed by atoms with Gasteiger partial charge in [0, 0.05) is 12.6 Å². The lowest BCUT2D eigenvalue weighted by Gasteiger charge is -2.30. The monoisotopic (exact) mass is 296 g/mol. The maximum absolute atomic E-state index is 12.6. The first-order chi connectivity index (χ1) is 10.8. The molecule has 1 N–H and O–H groups in total. The van der Waals surface area contributed by atoms with E-state index in [2.05, 4.69) is 16.6 Å². The van der Waals surface area contributed by atoms with Crippen molar-refractivity contribution in [3.63, 3.8) is 0 Å². The van der Waals surface area contributed by atoms with Crippen LogP contribution in [0.15, 0.2) is 35.4 Å². The van der Waals surface area contributed by atoms with E-state index in [1.165, 1.54) is 19.3 Å². The summed E-state index contributed by atoms with van der Waals surface area (Å²) in [5.41, 5.74) is 4.05. The molecule has 5 heteroatoms. The molecule has 22 heavy (non-hydrogen) atoms. The van der Waals surface area contributed by atoms with Gasteiger partial charge < -0.3 is 4.90 Å². The summed E-state index contributed by atoms with van der Waals surface area (Å²) < 4.78 is 0. The van der Waals surface area contributed by atoms with Crippen molar-refractivity contribution in [2.45, 2.75) is 38.1 Å². The normalized spacial score (nSPS) is 24.5. The Labute approximate surface area is 130 Å². The highest BCUT2D eigenvalue weighted by molar-refractivity contribution is 6.42. The highest BCUT2D eigenvalue weighted by Gasteiger charge is 2.40. The van der Waals surface area contributed by atoms with Gasteiger partial charge in [0.2, 0.25) is 0 Å². The molecule has 1 atom stereocenters. The molecule has 2 fully saturated rings. The maximum Gasteiger partial charge on any atom is 0.271 e. The number of hydrogen-bond acceptors (Lipinski definition) is 4. The summed E-state index contributed by atoms with van der Waals surface area (Å²) in [4.78, 5) is 14.5. The van der Waals surface area contributed by atoms with Gasteiger partial charge in [-0.2, -0.15) is 10.4 Å². The van der Waals surface area contributed by atoms with E-state index in [0.717, 1.165) is 18.5 Å². The Morgan fingerprint density at radius 1 is 1.18 bits per heavy atom. The number of rotatable bonds is 3. The number of hydrogen-bond donors (Lipinski definition) is 1. The van der Waals surface area contributed by atoms with Gasteiger partial charge in [-0.15, -0.1) is 0 Å². The molecule has 1 amide bonds. The summed E-state index contributed by atoms with van der Waals surface area (Å²) in [5, 5.41) is 13.6. The summed E-state index contributed by atoms with van der Waals surface area (Å²) in [5.74, 6) is -0.521. The van der Waals surface area contributed by atoms with E-state index < -0.39 is 5.92 Å². The first-order valence-corrected chi connectivity index (χ1v) is 7.89. The molecular weight excluding hydrogens is 276 g/mol. The first-order valence-electron chi connectivity index (χ1n) is 7.89. The standard InChI is InChI=1S/C17H20N4O/c18-11-13-12-21(15-9-5-2-6-10-15)17(22)16(13)20-19-14-7-3-1-4-8-14/h1,3-4,7-8,13,15,19H,2,5-6,9-10,12H2/b20-16+/t13-/m1/s1. The number of likely N-dealkylation sites (tertiary alicyclic amines) is 1. The lowest BCUT2D eigenvalue weighted by molar-refractivity contribution is -0.125. The third kappa shape index (κ3) is 2.96. The van der Waals surface area contributed by atoms with Crippen LogP contribution in [-0.2, 0) is 4.79 Å². The van der Waals surface area contributed by atoms with Crippen LogP contribution in [0.5, 0.6) is 0 Å². The van der Waals surface area contributed by atoms with Crippen LogP contribution >= 0.6 is 0 Å². The highest BCUT2D eigenvalue weighted by Crippen LogP contribution is 2.27. The fraction of sp³-hybridized carbons (Fsp3) is 0.471. The van der Waals surface area contributed by atoms with Crippen molar-refractivity contribution < 1.29 is 4.79 Å². The van der Waals surface area contributed by atoms with Gasteiger partial charge in [-0.25, -0.2) is 0 Å². The Hall–Kier alpha value is -2.35. The number of carbonyl (C=O) groups excluding carboxylic acids is 1. The molecule has 114 valence electrons. The second kappa shape index (κ2) is 6.61. The van der Waals surface area contributed by atoms with Crippen molar-refractivity contribution in [1.29, 1.82) is 5.26 Å². The average Bonchev–Trinajstić information content (AvgIpc) is 2.90. The SMILES string of the molecule is N#C[C@@H]1CN(C2CCCCC2)C(=O)/C1=N/Nc1ccccc1. The molecule has 1 saturated heterocycles. The molecular formula is C17H20N4O. The van der Waals surface area contributed by atoms with Gasteiger partial charge in [-0.3, -0.25) is 10.2 Å². The van der Waals surface area contributed by atoms with Crippen molar-refractivity contribution in [2.75, 3.05) is 12.0 Å². The summed E-state index contributed by atoms with van der Waals surface area (Å²) in [6.45, 7) is 0.481. The van der Waals surface area contributed by atoms with Crippen LogP contribution in [0.4, 0.5) is 5.69 Å². The molecule has 1 heterocycles. The number of benzene rings is 1. The van der Waals surface area contributed by atoms with Crippen LogP contribution < -0.4 is 5.43 Å². The van der Waals surface area contributed by atoms with E-state index in [1.807, 2.05) is 35.2 Å². The lowest BCUT2D eigenvalue weighted by atomic mass is 9.94. The van der Waals surface area contributed by atoms with Crippen molar-refractivity contribution in [3.8, 4) is 6.07 Å². The molecule has 0 spiro atoms. The predicted octanol–water partition coefficient (Wildman–Crippen LogP) is 2.77. The smallest absolute Gasteiger partial charge is 0.271 e. The molecule has 3 rings (SSSR count). The van der Waals surface area contributed by atoms with Crippen LogP contribution in [0.2, 0.25) is 0 Å². The van der Waals surface area contributed by atoms with Crippen LogP contribution in [0, 0.1) is 17.2 Å². The van der Waals surface area contributed by atoms with E-state index in [9.17, 15) is 10.1 Å². The molecule has 5 nitrogen and oxygen atoms in total. The van der Waals surface area contributed by atoms with Crippen LogP contribution in [0.25, 0.3) is 0 Å². The second-order valence-corrected chi connectivity index (χ2v) is 5.91. The fourth-order valence-electron chi connectivity index (χ4n) is 3.24. The molecule has 2 aliphatic rings. The first kappa shape index (κ1) is 14.6. The number of hydrazone groups is 1. The summed E-state index contributed by atoms with van der Waals surface area (Å²) in [6, 6.07) is 12.0. The van der Waals surface area contributed by atoms with E-state index in [-0.39, 0.29) is 11.9 Å². The van der Waals surface area contributed by atoms with Crippen LogP contribution in [-0.4, -0.2) is 29.1 Å². The van der Waals surface area contributed by atoms with Gasteiger partial charge >= 0.3 is 0 Å². The van der Waals surface area contributed by atoms with Gasteiger partial charge in [-0.1, -0.05) is 37.5 Å². The minimum atomic E-state index is -0.439. The number of anilines is 1. The third-order valence-electron chi connectivity index (χ3n) is 4.44. The third-order valence-corrected chi connectivity index (χ3v) is 4.44. The quantitative estimate of drug-likeness (QED) is 0.872. The molecule has 1 aromatic carbocycles. The molecule has 1 aliphatic carbocycles. The number of carbonyl (C=O) groups is 1. The largest absolute Gasteiger partial charge is 0.333 e. The fourth-order valence-corrected chi connectivity index (χ4v) is 3.24. The zero-order valence-electron chi connectivity index (χ0n) is 12.5. The molecule has 0 radical (unpaired) electrons. The van der Waals surface area contributed by atoms with Gasteiger partial charge in [0.15, 0.2) is 0 Å². The molecule has 0 unspecified atom stereocenters. The van der Waals surface area contributed by atoms with Gasteiger partial charge in [0.1, 0.15) is 11.6 Å². The minimum absolute atomic E-state index is 0.0816. The van der Waals surface area contributed by atoms with Gasteiger partial charge in [0.25, 0.3) is 5.91 Å². The van der Waals surface area contributed by atoms with Crippen molar-refractivity contribution in [1.82, 2.24) is 4.90 Å². The zero-order valence-corrected chi connectivity index (χ0v) is 12.5. The Morgan fingerprint density at radius 3 is 2.59 bits per heavy atom. The van der Waals surface area contributed by atoms with E-state index in [0.29, 0.717) is 12.3 Å². The topological polar surface area (TPSA) is 68.5 Å². The predicted molar refractivity (Wildman–Crippen MR) is 85.2 cm³/mol. The van der Waals surface area contributed by atoms with Crippen molar-refractivity contribution >= 4 is 17.3 Å². The van der Waals surface area contributed by atoms with Crippen molar-refractivity contribution in [2.24, 2.45) is 11.0 Å². The number of amides is 1. The number of nitriles is 1. The molecule has 0 bridgehead atoms. The van der Waals surface area contributed by atoms with Crippen molar-refractivity contribution in [3.05, 3.63) is 30.3 Å². The van der Waals surface area contributed by atoms with E-state index >= 15 is 0 Å². The average molecular weight is 296 g/mol. The number of para-hydroxylation sites is 1. The Morgan fingerprint density at radius 2 is 1.91 bits per heavy atom. The Kier molecular flexibility index (Phi) is 4.38. The molecule has 1 aromatic rings. The molecule has 0 aromatic heterocycles. The number of nitrogens with one attached hydrogen (secondary N) is 1. The second-order valence-electron chi connectivity index (χ2n) is 5.91. The van der Waals surface area contributed by atoms with E-state index in [4.69, 9.17) is 0 Å². The van der Waals surface area contributed by atoms with Gasteiger partial charge in [-0.05, 0) is 25.0 Å². The maximum atomic E-state index is 12.6. The van der Waals surface area contributed by atoms with Gasteiger partial charge in [0.05, 0.1) is 11.8 Å². The summed E-state index contributed by atoms with van der Waals surface area (Å²) >= 11 is 0. The Balaban J connectivity index is 1.75.